The van der Waals surface area contributed by atoms with Crippen LogP contribution in [0.4, 0.5) is 11.4 Å². The molecule has 0 heterocycles. The number of likely N-dealkylation sites (N-methyl/N-ethyl adjacent to an activating group) is 1. The van der Waals surface area contributed by atoms with E-state index in [0.717, 1.165) is 17.7 Å². The van der Waals surface area contributed by atoms with Gasteiger partial charge >= 0.3 is 0 Å². The third-order valence-electron chi connectivity index (χ3n) is 3.52. The maximum absolute atomic E-state index is 12.7. The van der Waals surface area contributed by atoms with Crippen molar-refractivity contribution in [2.24, 2.45) is 0 Å². The fraction of sp³-hybridized carbons (Fsp3) is 0.235. The van der Waals surface area contributed by atoms with Crippen LogP contribution in [0.3, 0.4) is 0 Å². The van der Waals surface area contributed by atoms with Crippen molar-refractivity contribution >= 4 is 17.3 Å². The zero-order valence-corrected chi connectivity index (χ0v) is 11.9. The molecule has 1 atom stereocenters. The molecule has 0 spiro atoms. The van der Waals surface area contributed by atoms with Crippen molar-refractivity contribution in [1.82, 2.24) is 0 Å². The van der Waals surface area contributed by atoms with Crippen LogP contribution < -0.4 is 10.6 Å². The van der Waals surface area contributed by atoms with Gasteiger partial charge in [0.1, 0.15) is 0 Å². The van der Waals surface area contributed by atoms with Crippen LogP contribution in [0.15, 0.2) is 54.6 Å². The summed E-state index contributed by atoms with van der Waals surface area (Å²) in [7, 11) is 1.81. The number of hydrogen-bond donors (Lipinski definition) is 1. The minimum Gasteiger partial charge on any atom is -0.399 e. The zero-order chi connectivity index (χ0) is 14.5. The summed E-state index contributed by atoms with van der Waals surface area (Å²) in [5.41, 5.74) is 8.29. The Bertz CT molecular complexity index is 563. The summed E-state index contributed by atoms with van der Waals surface area (Å²) in [6, 6.07) is 17.3. The predicted molar refractivity (Wildman–Crippen MR) is 83.7 cm³/mol. The van der Waals surface area contributed by atoms with Gasteiger partial charge in [0.25, 0.3) is 0 Å². The second-order valence-electron chi connectivity index (χ2n) is 4.86. The number of nitrogens with zero attached hydrogens (tertiary/aromatic N) is 1. The molecule has 0 saturated carbocycles. The molecule has 0 aliphatic carbocycles. The van der Waals surface area contributed by atoms with E-state index in [1.165, 1.54) is 0 Å². The number of amides is 1. The maximum Gasteiger partial charge on any atom is 0.234 e. The lowest BCUT2D eigenvalue weighted by Crippen LogP contribution is -2.31. The average molecular weight is 268 g/mol. The quantitative estimate of drug-likeness (QED) is 0.864. The fourth-order valence-electron chi connectivity index (χ4n) is 2.30. The van der Waals surface area contributed by atoms with E-state index in [1.807, 2.05) is 61.5 Å². The second-order valence-corrected chi connectivity index (χ2v) is 4.86. The molecule has 2 rings (SSSR count). The zero-order valence-electron chi connectivity index (χ0n) is 11.9. The van der Waals surface area contributed by atoms with Gasteiger partial charge in [-0.15, -0.1) is 0 Å². The minimum atomic E-state index is -0.112. The summed E-state index contributed by atoms with van der Waals surface area (Å²) in [5, 5.41) is 0. The first kappa shape index (κ1) is 14.1. The summed E-state index contributed by atoms with van der Waals surface area (Å²) in [6.45, 7) is 2.03. The molecule has 0 radical (unpaired) electrons. The highest BCUT2D eigenvalue weighted by atomic mass is 16.2. The molecule has 0 bridgehead atoms. The monoisotopic (exact) mass is 268 g/mol. The van der Waals surface area contributed by atoms with E-state index in [-0.39, 0.29) is 11.8 Å². The normalized spacial score (nSPS) is 11.9. The third-order valence-corrected chi connectivity index (χ3v) is 3.52. The predicted octanol–water partition coefficient (Wildman–Crippen LogP) is 3.43. The number of rotatable bonds is 4. The lowest BCUT2D eigenvalue weighted by molar-refractivity contribution is -0.119. The highest BCUT2D eigenvalue weighted by molar-refractivity contribution is 5.97. The number of nitrogen functional groups attached to an aromatic ring is 1. The van der Waals surface area contributed by atoms with Crippen molar-refractivity contribution in [2.75, 3.05) is 17.7 Å². The molecule has 3 heteroatoms. The highest BCUT2D eigenvalue weighted by Crippen LogP contribution is 2.24. The number of carbonyl (C=O) groups excluding carboxylic acids is 1. The van der Waals surface area contributed by atoms with E-state index in [1.54, 1.807) is 11.9 Å². The van der Waals surface area contributed by atoms with Gasteiger partial charge in [-0.2, -0.15) is 0 Å². The molecule has 0 fully saturated rings. The molecule has 2 aromatic carbocycles. The van der Waals surface area contributed by atoms with Crippen molar-refractivity contribution < 1.29 is 4.79 Å². The molecule has 0 saturated heterocycles. The van der Waals surface area contributed by atoms with E-state index in [0.29, 0.717) is 5.69 Å². The van der Waals surface area contributed by atoms with E-state index >= 15 is 0 Å². The first-order valence-electron chi connectivity index (χ1n) is 6.81. The molecule has 2 N–H and O–H groups in total. The maximum atomic E-state index is 12.7. The number of carbonyl (C=O) groups is 1. The van der Waals surface area contributed by atoms with Crippen molar-refractivity contribution in [1.29, 1.82) is 0 Å². The Labute approximate surface area is 120 Å². The first-order valence-corrected chi connectivity index (χ1v) is 6.81. The van der Waals surface area contributed by atoms with Crippen LogP contribution in [0.1, 0.15) is 24.8 Å². The fourth-order valence-corrected chi connectivity index (χ4v) is 2.30. The molecule has 104 valence electrons. The Balaban J connectivity index is 2.22. The third kappa shape index (κ3) is 2.99. The summed E-state index contributed by atoms with van der Waals surface area (Å²) >= 11 is 0. The van der Waals surface area contributed by atoms with Gasteiger partial charge in [0.2, 0.25) is 5.91 Å². The Hall–Kier alpha value is -2.29. The van der Waals surface area contributed by atoms with E-state index in [9.17, 15) is 4.79 Å². The largest absolute Gasteiger partial charge is 0.399 e. The Kier molecular flexibility index (Phi) is 4.41. The Morgan fingerprint density at radius 1 is 1.10 bits per heavy atom. The van der Waals surface area contributed by atoms with Gasteiger partial charge in [-0.25, -0.2) is 0 Å². The molecule has 20 heavy (non-hydrogen) atoms. The van der Waals surface area contributed by atoms with Gasteiger partial charge < -0.3 is 10.6 Å². The SMILES string of the molecule is CCC(C(=O)N(C)c1ccc(N)cc1)c1ccccc1. The minimum absolute atomic E-state index is 0.100. The van der Waals surface area contributed by atoms with E-state index < -0.39 is 0 Å². The smallest absolute Gasteiger partial charge is 0.234 e. The number of hydrogen-bond acceptors (Lipinski definition) is 2. The van der Waals surface area contributed by atoms with Gasteiger partial charge in [0.05, 0.1) is 5.92 Å². The Morgan fingerprint density at radius 3 is 2.25 bits per heavy atom. The molecule has 0 aliphatic heterocycles. The van der Waals surface area contributed by atoms with Crippen molar-refractivity contribution in [3.05, 3.63) is 60.2 Å². The lowest BCUT2D eigenvalue weighted by Gasteiger charge is -2.23. The molecular weight excluding hydrogens is 248 g/mol. The average Bonchev–Trinajstić information content (AvgIpc) is 2.49. The summed E-state index contributed by atoms with van der Waals surface area (Å²) in [6.07, 6.45) is 0.780. The van der Waals surface area contributed by atoms with Crippen molar-refractivity contribution in [3.63, 3.8) is 0 Å². The van der Waals surface area contributed by atoms with Crippen LogP contribution in [0.2, 0.25) is 0 Å². The topological polar surface area (TPSA) is 46.3 Å². The van der Waals surface area contributed by atoms with Crippen LogP contribution >= 0.6 is 0 Å². The molecular formula is C17H20N2O. The van der Waals surface area contributed by atoms with Crippen molar-refractivity contribution in [2.45, 2.75) is 19.3 Å². The van der Waals surface area contributed by atoms with Crippen LogP contribution in [0, 0.1) is 0 Å². The van der Waals surface area contributed by atoms with Gasteiger partial charge in [-0.1, -0.05) is 37.3 Å². The van der Waals surface area contributed by atoms with Crippen molar-refractivity contribution in [3.8, 4) is 0 Å². The molecule has 1 amide bonds. The highest BCUT2D eigenvalue weighted by Gasteiger charge is 2.22. The standard InChI is InChI=1S/C17H20N2O/c1-3-16(13-7-5-4-6-8-13)17(20)19(2)15-11-9-14(18)10-12-15/h4-12,16H,3,18H2,1-2H3. The van der Waals surface area contributed by atoms with Gasteiger partial charge in [-0.05, 0) is 36.2 Å². The van der Waals surface area contributed by atoms with Gasteiger partial charge in [0, 0.05) is 18.4 Å². The number of anilines is 2. The van der Waals surface area contributed by atoms with E-state index in [2.05, 4.69) is 0 Å². The second kappa shape index (κ2) is 6.24. The van der Waals surface area contributed by atoms with Crippen LogP contribution in [-0.2, 0) is 4.79 Å². The van der Waals surface area contributed by atoms with Crippen LogP contribution in [0.5, 0.6) is 0 Å². The van der Waals surface area contributed by atoms with Gasteiger partial charge in [0.15, 0.2) is 0 Å². The molecule has 3 nitrogen and oxygen atoms in total. The number of nitrogens with two attached hydrogens (primary N) is 1. The lowest BCUT2D eigenvalue weighted by atomic mass is 9.95. The first-order chi connectivity index (χ1) is 9.63. The number of benzene rings is 2. The summed E-state index contributed by atoms with van der Waals surface area (Å²) in [5.74, 6) is -0.0118. The molecule has 0 aliphatic rings. The Morgan fingerprint density at radius 2 is 1.70 bits per heavy atom. The summed E-state index contributed by atoms with van der Waals surface area (Å²) < 4.78 is 0. The molecule has 1 unspecified atom stereocenters. The van der Waals surface area contributed by atoms with E-state index in [4.69, 9.17) is 5.73 Å². The summed E-state index contributed by atoms with van der Waals surface area (Å²) in [4.78, 5) is 14.3. The van der Waals surface area contributed by atoms with Crippen LogP contribution in [0.25, 0.3) is 0 Å². The molecule has 2 aromatic rings. The van der Waals surface area contributed by atoms with Gasteiger partial charge in [-0.3, -0.25) is 4.79 Å². The van der Waals surface area contributed by atoms with Crippen LogP contribution in [-0.4, -0.2) is 13.0 Å². The molecule has 0 aromatic heterocycles.